The molecule has 96 valence electrons. The zero-order valence-corrected chi connectivity index (χ0v) is 12.4. The van der Waals surface area contributed by atoms with Gasteiger partial charge in [0.1, 0.15) is 5.82 Å². The lowest BCUT2D eigenvalue weighted by Crippen LogP contribution is -2.37. The number of aryl methyl sites for hydroxylation is 1. The van der Waals surface area contributed by atoms with Gasteiger partial charge in [-0.2, -0.15) is 23.5 Å². The first-order valence-corrected chi connectivity index (χ1v) is 8.29. The number of rotatable bonds is 4. The van der Waals surface area contributed by atoms with Crippen LogP contribution >= 0.6 is 23.5 Å². The number of nitrogens with one attached hydrogen (secondary N) is 1. The number of aromatic nitrogens is 2. The van der Waals surface area contributed by atoms with Crippen LogP contribution in [0.3, 0.4) is 0 Å². The first-order valence-electron chi connectivity index (χ1n) is 6.19. The number of hydrogen-bond acceptors (Lipinski definition) is 4. The highest BCUT2D eigenvalue weighted by molar-refractivity contribution is 8.07. The number of nitrogens with zero attached hydrogens (tertiary/aromatic N) is 2. The average molecular weight is 271 g/mol. The highest BCUT2D eigenvalue weighted by Crippen LogP contribution is 2.38. The van der Waals surface area contributed by atoms with Crippen molar-refractivity contribution in [1.82, 2.24) is 14.9 Å². The van der Waals surface area contributed by atoms with Crippen molar-refractivity contribution in [2.45, 2.75) is 36.9 Å². The summed E-state index contributed by atoms with van der Waals surface area (Å²) in [6.07, 6.45) is 3.99. The number of thioether (sulfide) groups is 2. The lowest BCUT2D eigenvalue weighted by molar-refractivity contribution is 0.503. The molecule has 0 bridgehead atoms. The van der Waals surface area contributed by atoms with E-state index in [9.17, 15) is 0 Å². The van der Waals surface area contributed by atoms with Crippen LogP contribution in [0.2, 0.25) is 0 Å². The Bertz CT molecular complexity index is 353. The summed E-state index contributed by atoms with van der Waals surface area (Å²) in [6, 6.07) is 0.359. The minimum Gasteiger partial charge on any atom is -0.334 e. The molecule has 3 atom stereocenters. The fourth-order valence-corrected chi connectivity index (χ4v) is 5.28. The monoisotopic (exact) mass is 271 g/mol. The molecule has 17 heavy (non-hydrogen) atoms. The van der Waals surface area contributed by atoms with Crippen LogP contribution in [0.25, 0.3) is 0 Å². The lowest BCUT2D eigenvalue weighted by Gasteiger charge is -2.34. The molecular weight excluding hydrogens is 250 g/mol. The van der Waals surface area contributed by atoms with Crippen LogP contribution in [0.15, 0.2) is 12.4 Å². The van der Waals surface area contributed by atoms with Crippen molar-refractivity contribution in [3.05, 3.63) is 18.2 Å². The molecule has 3 nitrogen and oxygen atoms in total. The lowest BCUT2D eigenvalue weighted by atomic mass is 10.1. The molecule has 0 aromatic carbocycles. The largest absolute Gasteiger partial charge is 0.334 e. The van der Waals surface area contributed by atoms with E-state index in [-0.39, 0.29) is 0 Å². The standard InChI is InChI=1S/C12H21N3S2/c1-4-15-6-5-14-12(15)10(13-3)11-9(2)16-7-8-17-11/h5-6,9-11,13H,4,7-8H2,1-3H3. The van der Waals surface area contributed by atoms with Gasteiger partial charge in [-0.15, -0.1) is 0 Å². The van der Waals surface area contributed by atoms with Crippen molar-refractivity contribution < 1.29 is 0 Å². The van der Waals surface area contributed by atoms with Crippen LogP contribution < -0.4 is 5.32 Å². The van der Waals surface area contributed by atoms with E-state index in [1.54, 1.807) is 0 Å². The maximum absolute atomic E-state index is 4.55. The third-order valence-electron chi connectivity index (χ3n) is 3.24. The predicted octanol–water partition coefficient (Wildman–Crippen LogP) is 2.40. The van der Waals surface area contributed by atoms with Crippen molar-refractivity contribution in [3.63, 3.8) is 0 Å². The molecule has 1 N–H and O–H groups in total. The van der Waals surface area contributed by atoms with Crippen molar-refractivity contribution >= 4 is 23.5 Å². The van der Waals surface area contributed by atoms with E-state index in [4.69, 9.17) is 0 Å². The molecule has 1 aromatic heterocycles. The van der Waals surface area contributed by atoms with Crippen molar-refractivity contribution in [2.75, 3.05) is 18.6 Å². The molecule has 1 aliphatic heterocycles. The quantitative estimate of drug-likeness (QED) is 0.911. The molecule has 1 aliphatic rings. The van der Waals surface area contributed by atoms with Gasteiger partial charge < -0.3 is 9.88 Å². The zero-order valence-electron chi connectivity index (χ0n) is 10.7. The highest BCUT2D eigenvalue weighted by Gasteiger charge is 2.32. The fraction of sp³-hybridized carbons (Fsp3) is 0.750. The summed E-state index contributed by atoms with van der Waals surface area (Å²) in [7, 11) is 2.05. The summed E-state index contributed by atoms with van der Waals surface area (Å²) in [4.78, 5) is 4.55. The van der Waals surface area contributed by atoms with E-state index < -0.39 is 0 Å². The summed E-state index contributed by atoms with van der Waals surface area (Å²) in [5, 5.41) is 4.77. The summed E-state index contributed by atoms with van der Waals surface area (Å²) in [5.41, 5.74) is 0. The minimum atomic E-state index is 0.359. The van der Waals surface area contributed by atoms with Gasteiger partial charge in [-0.05, 0) is 14.0 Å². The molecule has 3 unspecified atom stereocenters. The zero-order chi connectivity index (χ0) is 12.3. The van der Waals surface area contributed by atoms with Crippen LogP contribution in [0, 0.1) is 0 Å². The Morgan fingerprint density at radius 1 is 1.53 bits per heavy atom. The third kappa shape index (κ3) is 2.83. The van der Waals surface area contributed by atoms with Gasteiger partial charge in [0.15, 0.2) is 0 Å². The fourth-order valence-electron chi connectivity index (χ4n) is 2.32. The van der Waals surface area contributed by atoms with Gasteiger partial charge in [-0.3, -0.25) is 0 Å². The van der Waals surface area contributed by atoms with Crippen LogP contribution in [-0.2, 0) is 6.54 Å². The highest BCUT2D eigenvalue weighted by atomic mass is 32.2. The summed E-state index contributed by atoms with van der Waals surface area (Å²) in [6.45, 7) is 5.50. The van der Waals surface area contributed by atoms with Crippen LogP contribution in [0.4, 0.5) is 0 Å². The summed E-state index contributed by atoms with van der Waals surface area (Å²) < 4.78 is 2.24. The molecule has 0 saturated carbocycles. The average Bonchev–Trinajstić information content (AvgIpc) is 2.81. The van der Waals surface area contributed by atoms with Crippen LogP contribution in [0.1, 0.15) is 25.7 Å². The molecule has 0 radical (unpaired) electrons. The van der Waals surface area contributed by atoms with Gasteiger partial charge >= 0.3 is 0 Å². The molecule has 5 heteroatoms. The van der Waals surface area contributed by atoms with Gasteiger partial charge in [0.25, 0.3) is 0 Å². The molecule has 1 saturated heterocycles. The Hall–Kier alpha value is -0.130. The van der Waals surface area contributed by atoms with E-state index in [0.29, 0.717) is 16.5 Å². The van der Waals surface area contributed by atoms with Gasteiger partial charge in [-0.25, -0.2) is 4.98 Å². The SMILES string of the molecule is CCn1ccnc1C(NC)C1SCCSC1C. The van der Waals surface area contributed by atoms with E-state index in [1.165, 1.54) is 17.3 Å². The van der Waals surface area contributed by atoms with E-state index in [2.05, 4.69) is 58.4 Å². The maximum Gasteiger partial charge on any atom is 0.127 e. The maximum atomic E-state index is 4.55. The van der Waals surface area contributed by atoms with Crippen molar-refractivity contribution in [3.8, 4) is 0 Å². The molecule has 0 amide bonds. The Kier molecular flexibility index (Phi) is 4.82. The first kappa shape index (κ1) is 13.3. The molecule has 0 aliphatic carbocycles. The Balaban J connectivity index is 2.20. The Morgan fingerprint density at radius 3 is 2.94 bits per heavy atom. The Labute approximate surface area is 112 Å². The topological polar surface area (TPSA) is 29.9 Å². The second kappa shape index (κ2) is 6.16. The van der Waals surface area contributed by atoms with E-state index in [0.717, 1.165) is 6.54 Å². The predicted molar refractivity (Wildman–Crippen MR) is 77.9 cm³/mol. The van der Waals surface area contributed by atoms with Gasteiger partial charge in [0, 0.05) is 40.9 Å². The number of hydrogen-bond donors (Lipinski definition) is 1. The molecule has 2 rings (SSSR count). The van der Waals surface area contributed by atoms with Gasteiger partial charge in [0.2, 0.25) is 0 Å². The van der Waals surface area contributed by atoms with Crippen LogP contribution in [0.5, 0.6) is 0 Å². The molecular formula is C12H21N3S2. The van der Waals surface area contributed by atoms with E-state index in [1.807, 2.05) is 13.2 Å². The summed E-state index contributed by atoms with van der Waals surface area (Å²) >= 11 is 4.17. The molecule has 0 spiro atoms. The second-order valence-corrected chi connectivity index (χ2v) is 7.02. The molecule has 1 aromatic rings. The summed E-state index contributed by atoms with van der Waals surface area (Å²) in [5.74, 6) is 3.72. The van der Waals surface area contributed by atoms with Gasteiger partial charge in [-0.1, -0.05) is 6.92 Å². The van der Waals surface area contributed by atoms with E-state index >= 15 is 0 Å². The van der Waals surface area contributed by atoms with Crippen molar-refractivity contribution in [2.24, 2.45) is 0 Å². The number of imidazole rings is 1. The molecule has 2 heterocycles. The molecule has 1 fully saturated rings. The smallest absolute Gasteiger partial charge is 0.127 e. The van der Waals surface area contributed by atoms with Crippen LogP contribution in [-0.4, -0.2) is 38.6 Å². The third-order valence-corrected chi connectivity index (χ3v) is 6.44. The van der Waals surface area contributed by atoms with Crippen molar-refractivity contribution in [1.29, 1.82) is 0 Å². The first-order chi connectivity index (χ1) is 8.27. The normalized spacial score (nSPS) is 27.0. The second-order valence-electron chi connectivity index (χ2n) is 4.25. The minimum absolute atomic E-state index is 0.359. The Morgan fingerprint density at radius 2 is 2.29 bits per heavy atom. The van der Waals surface area contributed by atoms with Gasteiger partial charge in [0.05, 0.1) is 6.04 Å².